The van der Waals surface area contributed by atoms with Crippen molar-refractivity contribution in [3.8, 4) is 0 Å². The number of hydrogen-bond donors (Lipinski definition) is 3. The number of nitrogens with zero attached hydrogens (tertiary/aromatic N) is 1. The molecule has 3 aromatic rings. The molecule has 0 radical (unpaired) electrons. The molecule has 2 heterocycles. The van der Waals surface area contributed by atoms with E-state index in [1.807, 2.05) is 58.0 Å². The van der Waals surface area contributed by atoms with Gasteiger partial charge in [-0.1, -0.05) is 48.5 Å². The SMILES string of the molecule is CC(NC(=O)OC(C)(C)C)[C@H]1CC[C@H](C(=O)N2C(c3c(C(=O)O)oc4ccccc34)C[C@H](c3ccccc3)[C@H]2C(N)=O)CC1. The van der Waals surface area contributed by atoms with E-state index in [0.29, 0.717) is 48.6 Å². The molecule has 0 bridgehead atoms. The summed E-state index contributed by atoms with van der Waals surface area (Å²) in [6.45, 7) is 7.38. The van der Waals surface area contributed by atoms with Crippen molar-refractivity contribution in [2.45, 2.75) is 89.4 Å². The number of para-hydroxylation sites is 1. The maximum atomic E-state index is 14.5. The minimum atomic E-state index is -1.24. The molecule has 2 aliphatic rings. The Hall–Kier alpha value is -4.34. The molecule has 2 aromatic carbocycles. The predicted molar refractivity (Wildman–Crippen MR) is 164 cm³/mol. The number of carbonyl (C=O) groups excluding carboxylic acids is 3. The van der Waals surface area contributed by atoms with E-state index in [1.165, 1.54) is 0 Å². The number of carboxylic acid groups (broad SMARTS) is 1. The number of primary amides is 1. The topological polar surface area (TPSA) is 152 Å². The zero-order chi connectivity index (χ0) is 31.8. The minimum Gasteiger partial charge on any atom is -0.475 e. The van der Waals surface area contributed by atoms with Gasteiger partial charge in [0.1, 0.15) is 17.2 Å². The number of carboxylic acids is 1. The molecule has 5 rings (SSSR count). The molecule has 2 fully saturated rings. The van der Waals surface area contributed by atoms with Crippen LogP contribution in [-0.4, -0.2) is 51.6 Å². The summed E-state index contributed by atoms with van der Waals surface area (Å²) in [5.74, 6) is -2.99. The summed E-state index contributed by atoms with van der Waals surface area (Å²) < 4.78 is 11.2. The number of nitrogens with two attached hydrogens (primary N) is 1. The van der Waals surface area contributed by atoms with Gasteiger partial charge in [-0.05, 0) is 77.3 Å². The summed E-state index contributed by atoms with van der Waals surface area (Å²) >= 11 is 0. The van der Waals surface area contributed by atoms with Crippen LogP contribution in [0, 0.1) is 11.8 Å². The van der Waals surface area contributed by atoms with Gasteiger partial charge in [0.05, 0.1) is 6.04 Å². The third-order valence-electron chi connectivity index (χ3n) is 9.00. The predicted octanol–water partition coefficient (Wildman–Crippen LogP) is 5.76. The van der Waals surface area contributed by atoms with E-state index in [1.54, 1.807) is 29.2 Å². The normalized spacial score (nSPS) is 24.5. The average molecular weight is 604 g/mol. The minimum absolute atomic E-state index is 0.142. The van der Waals surface area contributed by atoms with Crippen LogP contribution in [0.3, 0.4) is 0 Å². The number of likely N-dealkylation sites (tertiary alicyclic amines) is 1. The lowest BCUT2D eigenvalue weighted by Crippen LogP contribution is -2.50. The number of fused-ring (bicyclic) bond motifs is 1. The van der Waals surface area contributed by atoms with Gasteiger partial charge in [-0.2, -0.15) is 0 Å². The fourth-order valence-corrected chi connectivity index (χ4v) is 7.02. The Balaban J connectivity index is 1.45. The second-order valence-corrected chi connectivity index (χ2v) is 13.1. The molecule has 234 valence electrons. The van der Waals surface area contributed by atoms with E-state index in [9.17, 15) is 24.3 Å². The van der Waals surface area contributed by atoms with Gasteiger partial charge in [-0.15, -0.1) is 0 Å². The largest absolute Gasteiger partial charge is 0.475 e. The van der Waals surface area contributed by atoms with Crippen molar-refractivity contribution < 1.29 is 33.4 Å². The van der Waals surface area contributed by atoms with E-state index in [2.05, 4.69) is 5.32 Å². The molecule has 3 amide bonds. The highest BCUT2D eigenvalue weighted by atomic mass is 16.6. The molecule has 10 heteroatoms. The van der Waals surface area contributed by atoms with Gasteiger partial charge in [-0.3, -0.25) is 9.59 Å². The number of nitrogens with one attached hydrogen (secondary N) is 1. The van der Waals surface area contributed by atoms with E-state index in [0.717, 1.165) is 5.56 Å². The number of amides is 3. The molecule has 1 aliphatic carbocycles. The molecular formula is C34H41N3O7. The second-order valence-electron chi connectivity index (χ2n) is 13.1. The molecule has 1 aromatic heterocycles. The molecular weight excluding hydrogens is 562 g/mol. The van der Waals surface area contributed by atoms with Crippen molar-refractivity contribution in [1.82, 2.24) is 10.2 Å². The van der Waals surface area contributed by atoms with E-state index >= 15 is 0 Å². The van der Waals surface area contributed by atoms with Gasteiger partial charge < -0.3 is 30.2 Å². The molecule has 1 saturated heterocycles. The van der Waals surface area contributed by atoms with Crippen molar-refractivity contribution in [2.75, 3.05) is 0 Å². The number of carbonyl (C=O) groups is 4. The molecule has 0 spiro atoms. The standard InChI is InChI=1S/C34H41N3O7/c1-19(36-33(42)44-34(2,3)4)20-14-16-22(17-15-20)31(39)37-25(18-24(28(37)30(35)38)21-10-6-5-7-11-21)27-23-12-8-9-13-26(23)43-29(27)32(40)41/h5-13,19-20,22,24-25,28H,14-18H2,1-4H3,(H2,35,38)(H,36,42)(H,40,41)/t19?,20-,22-,24-,25?,28+/m1/s1. The first kappa shape index (κ1) is 31.1. The van der Waals surface area contributed by atoms with E-state index in [-0.39, 0.29) is 29.5 Å². The lowest BCUT2D eigenvalue weighted by Gasteiger charge is -2.37. The fourth-order valence-electron chi connectivity index (χ4n) is 7.02. The van der Waals surface area contributed by atoms with Crippen molar-refractivity contribution in [3.05, 3.63) is 71.5 Å². The van der Waals surface area contributed by atoms with Crippen LogP contribution in [0.25, 0.3) is 11.0 Å². The molecule has 1 saturated carbocycles. The van der Waals surface area contributed by atoms with Gasteiger partial charge in [0.25, 0.3) is 0 Å². The Kier molecular flexibility index (Phi) is 8.72. The summed E-state index contributed by atoms with van der Waals surface area (Å²) in [4.78, 5) is 53.9. The average Bonchev–Trinajstić information content (AvgIpc) is 3.56. The van der Waals surface area contributed by atoms with Gasteiger partial charge in [0.15, 0.2) is 0 Å². The quantitative estimate of drug-likeness (QED) is 0.310. The first-order chi connectivity index (χ1) is 20.9. The summed E-state index contributed by atoms with van der Waals surface area (Å²) in [7, 11) is 0. The third kappa shape index (κ3) is 6.30. The van der Waals surface area contributed by atoms with Crippen LogP contribution in [0.5, 0.6) is 0 Å². The maximum absolute atomic E-state index is 14.5. The number of rotatable bonds is 7. The number of hydrogen-bond acceptors (Lipinski definition) is 6. The highest BCUT2D eigenvalue weighted by Gasteiger charge is 2.51. The Morgan fingerprint density at radius 3 is 2.25 bits per heavy atom. The fraction of sp³-hybridized carbons (Fsp3) is 0.471. The molecule has 4 atom stereocenters. The number of ether oxygens (including phenoxy) is 1. The van der Waals surface area contributed by atoms with Gasteiger partial charge in [0.2, 0.25) is 17.6 Å². The lowest BCUT2D eigenvalue weighted by atomic mass is 9.78. The summed E-state index contributed by atoms with van der Waals surface area (Å²) in [5, 5.41) is 13.7. The van der Waals surface area contributed by atoms with Crippen molar-refractivity contribution in [2.24, 2.45) is 17.6 Å². The van der Waals surface area contributed by atoms with E-state index < -0.39 is 41.6 Å². The molecule has 44 heavy (non-hydrogen) atoms. The van der Waals surface area contributed by atoms with Crippen LogP contribution in [0.4, 0.5) is 4.79 Å². The lowest BCUT2D eigenvalue weighted by molar-refractivity contribution is -0.144. The Morgan fingerprint density at radius 1 is 1.00 bits per heavy atom. The molecule has 2 unspecified atom stereocenters. The number of alkyl carbamates (subject to hydrolysis) is 1. The summed E-state index contributed by atoms with van der Waals surface area (Å²) in [5.41, 5.74) is 7.07. The highest BCUT2D eigenvalue weighted by molar-refractivity contribution is 5.97. The molecule has 4 N–H and O–H groups in total. The first-order valence-electron chi connectivity index (χ1n) is 15.3. The van der Waals surface area contributed by atoms with Crippen LogP contribution < -0.4 is 11.1 Å². The van der Waals surface area contributed by atoms with Crippen LogP contribution in [0.1, 0.15) is 93.4 Å². The van der Waals surface area contributed by atoms with Crippen LogP contribution >= 0.6 is 0 Å². The monoisotopic (exact) mass is 603 g/mol. The number of furan rings is 1. The van der Waals surface area contributed by atoms with Crippen molar-refractivity contribution in [1.29, 1.82) is 0 Å². The zero-order valence-corrected chi connectivity index (χ0v) is 25.6. The van der Waals surface area contributed by atoms with Gasteiger partial charge in [-0.25, -0.2) is 9.59 Å². The molecule has 1 aliphatic heterocycles. The number of benzene rings is 2. The van der Waals surface area contributed by atoms with Crippen LogP contribution in [0.2, 0.25) is 0 Å². The Labute approximate surface area is 256 Å². The first-order valence-corrected chi connectivity index (χ1v) is 15.3. The Bertz CT molecular complexity index is 1540. The summed E-state index contributed by atoms with van der Waals surface area (Å²) in [6.07, 6.45) is 2.37. The van der Waals surface area contributed by atoms with Crippen LogP contribution in [0.15, 0.2) is 59.0 Å². The number of aromatic carboxylic acids is 1. The smallest absolute Gasteiger partial charge is 0.407 e. The molecule has 10 nitrogen and oxygen atoms in total. The van der Waals surface area contributed by atoms with Gasteiger partial charge in [0, 0.05) is 28.8 Å². The third-order valence-corrected chi connectivity index (χ3v) is 9.00. The van der Waals surface area contributed by atoms with Crippen molar-refractivity contribution in [3.63, 3.8) is 0 Å². The summed E-state index contributed by atoms with van der Waals surface area (Å²) in [6, 6.07) is 14.6. The zero-order valence-electron chi connectivity index (χ0n) is 25.6. The van der Waals surface area contributed by atoms with Crippen molar-refractivity contribution >= 4 is 34.8 Å². The van der Waals surface area contributed by atoms with Gasteiger partial charge >= 0.3 is 12.1 Å². The van der Waals surface area contributed by atoms with E-state index in [4.69, 9.17) is 14.9 Å². The Morgan fingerprint density at radius 2 is 1.64 bits per heavy atom. The second kappa shape index (κ2) is 12.3. The highest BCUT2D eigenvalue weighted by Crippen LogP contribution is 2.49. The maximum Gasteiger partial charge on any atom is 0.407 e. The van der Waals surface area contributed by atoms with Crippen LogP contribution in [-0.2, 0) is 14.3 Å².